The van der Waals surface area contributed by atoms with Gasteiger partial charge in [-0.2, -0.15) is 0 Å². The highest BCUT2D eigenvalue weighted by molar-refractivity contribution is 5.79. The van der Waals surface area contributed by atoms with Crippen molar-refractivity contribution in [3.63, 3.8) is 0 Å². The van der Waals surface area contributed by atoms with Crippen LogP contribution in [0.2, 0.25) is 0 Å². The molecule has 240 valence electrons. The maximum absolute atomic E-state index is 12.7. The van der Waals surface area contributed by atoms with Crippen molar-refractivity contribution in [2.45, 2.75) is 115 Å². The molecule has 7 rings (SSSR count). The number of amides is 1. The predicted molar refractivity (Wildman–Crippen MR) is 174 cm³/mol. The number of rotatable bonds is 6. The number of ketones is 1. The number of piperidine rings is 1. The van der Waals surface area contributed by atoms with E-state index in [1.165, 1.54) is 25.7 Å². The molecule has 1 spiro atoms. The van der Waals surface area contributed by atoms with E-state index < -0.39 is 0 Å². The lowest BCUT2D eigenvalue weighted by Crippen LogP contribution is -2.67. The fourth-order valence-electron chi connectivity index (χ4n) is 11.4. The number of likely N-dealkylation sites (N-methyl/N-ethyl adjacent to an activating group) is 1. The van der Waals surface area contributed by atoms with Crippen LogP contribution in [0.5, 0.6) is 0 Å². The van der Waals surface area contributed by atoms with E-state index in [0.29, 0.717) is 41.9 Å². The van der Waals surface area contributed by atoms with E-state index in [9.17, 15) is 9.59 Å². The molecule has 4 aliphatic carbocycles. The third-order valence-corrected chi connectivity index (χ3v) is 13.6. The van der Waals surface area contributed by atoms with Gasteiger partial charge in [0.1, 0.15) is 11.4 Å². The van der Waals surface area contributed by atoms with Crippen LogP contribution >= 0.6 is 0 Å². The minimum Gasteiger partial charge on any atom is -0.368 e. The highest BCUT2D eigenvalue weighted by atomic mass is 16.5. The summed E-state index contributed by atoms with van der Waals surface area (Å²) in [6, 6.07) is 10.0. The van der Waals surface area contributed by atoms with Gasteiger partial charge in [0, 0.05) is 38.9 Å². The fourth-order valence-corrected chi connectivity index (χ4v) is 11.4. The SMILES string of the molecule is CNC12CC3(CCC4C(=C(C)C3)CC3C4CCC4CC(=O)CCC43C)OC1CC(C)CN2CCNC(=O)Cc1ccccc1. The molecule has 9 unspecified atom stereocenters. The standard InChI is InChI=1S/C38H55N3O3/c1-25-18-34-38(39-4,41(23-25)17-16-40-35(43)19-27-8-6-5-7-9-27)24-37(44-34)15-13-30-31-11-10-28-20-29(42)12-14-36(28,3)33(31)21-32(30)26(2)22-37/h5-9,25,28,30-31,33-34,39H,10-24H2,1-4H3,(H,40,43). The Morgan fingerprint density at radius 1 is 1.11 bits per heavy atom. The number of carbonyl (C=O) groups is 2. The summed E-state index contributed by atoms with van der Waals surface area (Å²) in [5, 5.41) is 7.02. The van der Waals surface area contributed by atoms with Crippen LogP contribution in [0, 0.1) is 35.0 Å². The van der Waals surface area contributed by atoms with Crippen LogP contribution in [0.3, 0.4) is 0 Å². The molecule has 3 saturated carbocycles. The number of nitrogens with zero attached hydrogens (tertiary/aromatic N) is 1. The minimum atomic E-state index is -0.191. The van der Waals surface area contributed by atoms with Crippen LogP contribution in [0.15, 0.2) is 41.5 Å². The lowest BCUT2D eigenvalue weighted by Gasteiger charge is -2.52. The number of allylic oxidation sites excluding steroid dienone is 1. The number of hydrogen-bond acceptors (Lipinski definition) is 5. The molecule has 1 amide bonds. The van der Waals surface area contributed by atoms with Crippen molar-refractivity contribution in [1.82, 2.24) is 15.5 Å². The second-order valence-corrected chi connectivity index (χ2v) is 16.1. The van der Waals surface area contributed by atoms with E-state index >= 15 is 0 Å². The normalized spacial score (nSPS) is 42.0. The third-order valence-electron chi connectivity index (χ3n) is 13.6. The lowest BCUT2D eigenvalue weighted by molar-refractivity contribution is -0.130. The Kier molecular flexibility index (Phi) is 8.11. The Morgan fingerprint density at radius 3 is 2.73 bits per heavy atom. The largest absolute Gasteiger partial charge is 0.368 e. The van der Waals surface area contributed by atoms with Crippen LogP contribution < -0.4 is 10.6 Å². The van der Waals surface area contributed by atoms with Gasteiger partial charge < -0.3 is 10.1 Å². The quantitative estimate of drug-likeness (QED) is 0.389. The number of fused-ring (bicyclic) bond motifs is 6. The second kappa shape index (κ2) is 11.7. The first-order valence-electron chi connectivity index (χ1n) is 17.8. The molecule has 2 heterocycles. The first-order valence-corrected chi connectivity index (χ1v) is 17.8. The number of carbonyl (C=O) groups excluding carboxylic acids is 2. The number of Topliss-reactive ketones (excluding diaryl/α,β-unsaturated/α-hetero) is 1. The highest BCUT2D eigenvalue weighted by Gasteiger charge is 2.62. The molecule has 6 nitrogen and oxygen atoms in total. The summed E-state index contributed by atoms with van der Waals surface area (Å²) in [5.74, 6) is 3.99. The molecule has 5 fully saturated rings. The monoisotopic (exact) mass is 601 g/mol. The Morgan fingerprint density at radius 2 is 1.93 bits per heavy atom. The van der Waals surface area contributed by atoms with Crippen LogP contribution in [0.25, 0.3) is 0 Å². The zero-order valence-electron chi connectivity index (χ0n) is 27.6. The van der Waals surface area contributed by atoms with E-state index in [1.807, 2.05) is 30.3 Å². The maximum atomic E-state index is 12.7. The van der Waals surface area contributed by atoms with Crippen LogP contribution in [-0.4, -0.2) is 60.6 Å². The topological polar surface area (TPSA) is 70.7 Å². The number of likely N-dealkylation sites (tertiary alicyclic amines) is 1. The Labute approximate surface area is 265 Å². The molecule has 2 saturated heterocycles. The first-order chi connectivity index (χ1) is 21.1. The van der Waals surface area contributed by atoms with Crippen molar-refractivity contribution in [1.29, 1.82) is 0 Å². The molecule has 2 N–H and O–H groups in total. The number of benzene rings is 1. The maximum Gasteiger partial charge on any atom is 0.224 e. The molecular formula is C38H55N3O3. The van der Waals surface area contributed by atoms with E-state index in [1.54, 1.807) is 11.1 Å². The highest BCUT2D eigenvalue weighted by Crippen LogP contribution is 2.65. The van der Waals surface area contributed by atoms with Gasteiger partial charge in [0.25, 0.3) is 0 Å². The molecule has 0 bridgehead atoms. The van der Waals surface area contributed by atoms with Gasteiger partial charge in [0.2, 0.25) is 5.91 Å². The van der Waals surface area contributed by atoms with E-state index in [0.717, 1.165) is 75.4 Å². The smallest absolute Gasteiger partial charge is 0.224 e. The summed E-state index contributed by atoms with van der Waals surface area (Å²) in [6.07, 6.45) is 12.7. The van der Waals surface area contributed by atoms with Crippen LogP contribution in [0.1, 0.15) is 97.0 Å². The van der Waals surface area contributed by atoms with E-state index in [2.05, 4.69) is 43.4 Å². The van der Waals surface area contributed by atoms with Crippen LogP contribution in [0.4, 0.5) is 0 Å². The number of nitrogens with one attached hydrogen (secondary N) is 2. The van der Waals surface area contributed by atoms with Gasteiger partial charge in [-0.1, -0.05) is 55.3 Å². The molecule has 6 heteroatoms. The molecule has 0 aromatic heterocycles. The molecule has 6 aliphatic rings. The summed E-state index contributed by atoms with van der Waals surface area (Å²) in [5.41, 5.74) is 4.45. The Hall–Kier alpha value is -2.02. The third kappa shape index (κ3) is 5.21. The van der Waals surface area contributed by atoms with Crippen LogP contribution in [-0.2, 0) is 20.7 Å². The molecule has 0 radical (unpaired) electrons. The molecule has 2 aliphatic heterocycles. The summed E-state index contributed by atoms with van der Waals surface area (Å²) in [4.78, 5) is 27.7. The van der Waals surface area contributed by atoms with E-state index in [-0.39, 0.29) is 23.3 Å². The predicted octanol–water partition coefficient (Wildman–Crippen LogP) is 6.05. The fraction of sp³-hybridized carbons (Fsp3) is 0.737. The minimum absolute atomic E-state index is 0.0917. The van der Waals surface area contributed by atoms with Gasteiger partial charge in [-0.15, -0.1) is 0 Å². The summed E-state index contributed by atoms with van der Waals surface area (Å²) in [7, 11) is 2.13. The molecular weight excluding hydrogens is 546 g/mol. The van der Waals surface area contributed by atoms with Gasteiger partial charge >= 0.3 is 0 Å². The van der Waals surface area contributed by atoms with Gasteiger partial charge in [-0.25, -0.2) is 0 Å². The summed E-state index contributed by atoms with van der Waals surface area (Å²) in [6.45, 7) is 9.84. The zero-order chi connectivity index (χ0) is 30.7. The molecule has 9 atom stereocenters. The number of hydrogen-bond donors (Lipinski definition) is 2. The molecule has 1 aromatic carbocycles. The van der Waals surface area contributed by atoms with Gasteiger partial charge in [-0.05, 0) is 106 Å². The van der Waals surface area contributed by atoms with Crippen molar-refractivity contribution >= 4 is 11.7 Å². The van der Waals surface area contributed by atoms with E-state index in [4.69, 9.17) is 4.74 Å². The summed E-state index contributed by atoms with van der Waals surface area (Å²) >= 11 is 0. The van der Waals surface area contributed by atoms with Gasteiger partial charge in [-0.3, -0.25) is 19.8 Å². The van der Waals surface area contributed by atoms with Crippen molar-refractivity contribution in [3.05, 3.63) is 47.0 Å². The van der Waals surface area contributed by atoms with Crippen molar-refractivity contribution in [2.75, 3.05) is 26.7 Å². The average Bonchev–Trinajstić information content (AvgIpc) is 3.50. The average molecular weight is 602 g/mol. The Bertz CT molecular complexity index is 1300. The van der Waals surface area contributed by atoms with Gasteiger partial charge in [0.05, 0.1) is 18.1 Å². The van der Waals surface area contributed by atoms with Crippen molar-refractivity contribution in [2.24, 2.45) is 35.0 Å². The van der Waals surface area contributed by atoms with Crippen molar-refractivity contribution in [3.8, 4) is 0 Å². The number of ether oxygens (including phenoxy) is 1. The molecule has 1 aromatic rings. The second-order valence-electron chi connectivity index (χ2n) is 16.1. The van der Waals surface area contributed by atoms with Gasteiger partial charge in [0.15, 0.2) is 0 Å². The lowest BCUT2D eigenvalue weighted by atomic mass is 9.52. The molecule has 44 heavy (non-hydrogen) atoms. The zero-order valence-corrected chi connectivity index (χ0v) is 27.6. The summed E-state index contributed by atoms with van der Waals surface area (Å²) < 4.78 is 7.30. The first kappa shape index (κ1) is 30.6. The van der Waals surface area contributed by atoms with Crippen molar-refractivity contribution < 1.29 is 14.3 Å². The Balaban J connectivity index is 1.06.